The third-order valence-electron chi connectivity index (χ3n) is 3.70. The second-order valence-electron chi connectivity index (χ2n) is 5.16. The normalized spacial score (nSPS) is 16.8. The van der Waals surface area contributed by atoms with Gasteiger partial charge in [0.25, 0.3) is 5.91 Å². The van der Waals surface area contributed by atoms with Crippen molar-refractivity contribution in [1.29, 1.82) is 0 Å². The van der Waals surface area contributed by atoms with Gasteiger partial charge < -0.3 is 10.1 Å². The molecular weight excluding hydrogens is 330 g/mol. The van der Waals surface area contributed by atoms with Crippen molar-refractivity contribution in [1.82, 2.24) is 5.32 Å². The van der Waals surface area contributed by atoms with Crippen LogP contribution in [0.1, 0.15) is 33.9 Å². The van der Waals surface area contributed by atoms with E-state index in [9.17, 15) is 4.79 Å². The summed E-state index contributed by atoms with van der Waals surface area (Å²) < 4.78 is 6.60. The lowest BCUT2D eigenvalue weighted by Crippen LogP contribution is -2.32. The second kappa shape index (κ2) is 5.90. The number of hydrogen-bond acceptors (Lipinski definition) is 2. The molecule has 0 saturated carbocycles. The van der Waals surface area contributed by atoms with E-state index in [4.69, 9.17) is 4.74 Å². The Kier molecular flexibility index (Phi) is 3.97. The summed E-state index contributed by atoms with van der Waals surface area (Å²) in [6.45, 7) is 2.57. The van der Waals surface area contributed by atoms with E-state index in [1.54, 1.807) is 0 Å². The molecule has 1 amide bonds. The van der Waals surface area contributed by atoms with Crippen molar-refractivity contribution < 1.29 is 9.53 Å². The molecule has 3 nitrogen and oxygen atoms in total. The van der Waals surface area contributed by atoms with Gasteiger partial charge in [0.2, 0.25) is 0 Å². The van der Waals surface area contributed by atoms with E-state index in [2.05, 4.69) is 21.2 Å². The highest BCUT2D eigenvalue weighted by molar-refractivity contribution is 9.10. The smallest absolute Gasteiger partial charge is 0.252 e. The first kappa shape index (κ1) is 14.1. The van der Waals surface area contributed by atoms with Gasteiger partial charge in [-0.3, -0.25) is 4.79 Å². The predicted molar refractivity (Wildman–Crippen MR) is 85.6 cm³/mol. The number of hydrogen-bond donors (Lipinski definition) is 1. The van der Waals surface area contributed by atoms with Gasteiger partial charge in [-0.2, -0.15) is 0 Å². The van der Waals surface area contributed by atoms with Crippen LogP contribution in [-0.2, 0) is 0 Å². The van der Waals surface area contributed by atoms with E-state index < -0.39 is 0 Å². The van der Waals surface area contributed by atoms with E-state index in [1.165, 1.54) is 0 Å². The van der Waals surface area contributed by atoms with Crippen LogP contribution in [0.2, 0.25) is 0 Å². The summed E-state index contributed by atoms with van der Waals surface area (Å²) in [4.78, 5) is 12.5. The molecule has 0 aromatic heterocycles. The van der Waals surface area contributed by atoms with Crippen molar-refractivity contribution in [3.63, 3.8) is 0 Å². The van der Waals surface area contributed by atoms with Gasteiger partial charge >= 0.3 is 0 Å². The van der Waals surface area contributed by atoms with E-state index in [0.717, 1.165) is 27.8 Å². The molecule has 1 heterocycles. The lowest BCUT2D eigenvalue weighted by Gasteiger charge is -2.26. The molecule has 108 valence electrons. The van der Waals surface area contributed by atoms with Crippen LogP contribution in [0.4, 0.5) is 0 Å². The molecule has 2 aromatic carbocycles. The Morgan fingerprint density at radius 2 is 2.10 bits per heavy atom. The third-order valence-corrected chi connectivity index (χ3v) is 4.19. The zero-order valence-corrected chi connectivity index (χ0v) is 13.3. The summed E-state index contributed by atoms with van der Waals surface area (Å²) in [6, 6.07) is 13.6. The minimum Gasteiger partial charge on any atom is -0.493 e. The SMILES string of the molecule is Cc1cc(Br)ccc1C(=O)N[C@@H]1CCOc2ccccc21. The molecule has 0 radical (unpaired) electrons. The quantitative estimate of drug-likeness (QED) is 0.892. The van der Waals surface area contributed by atoms with Gasteiger partial charge in [0.15, 0.2) is 0 Å². The van der Waals surface area contributed by atoms with Crippen molar-refractivity contribution in [3.8, 4) is 5.75 Å². The van der Waals surface area contributed by atoms with Gasteiger partial charge in [0.05, 0.1) is 12.6 Å². The summed E-state index contributed by atoms with van der Waals surface area (Å²) >= 11 is 3.42. The highest BCUT2D eigenvalue weighted by Gasteiger charge is 2.23. The number of carbonyl (C=O) groups is 1. The van der Waals surface area contributed by atoms with Gasteiger partial charge in [0.1, 0.15) is 5.75 Å². The van der Waals surface area contributed by atoms with Crippen molar-refractivity contribution in [3.05, 3.63) is 63.6 Å². The molecule has 1 aliphatic rings. The Balaban J connectivity index is 1.83. The van der Waals surface area contributed by atoms with E-state index >= 15 is 0 Å². The molecule has 0 unspecified atom stereocenters. The van der Waals surface area contributed by atoms with Gasteiger partial charge in [-0.1, -0.05) is 34.1 Å². The highest BCUT2D eigenvalue weighted by Crippen LogP contribution is 2.31. The van der Waals surface area contributed by atoms with Crippen LogP contribution >= 0.6 is 15.9 Å². The fourth-order valence-electron chi connectivity index (χ4n) is 2.61. The first-order valence-electron chi connectivity index (χ1n) is 6.94. The maximum Gasteiger partial charge on any atom is 0.252 e. The molecule has 0 saturated heterocycles. The molecule has 0 fully saturated rings. The number of nitrogens with one attached hydrogen (secondary N) is 1. The molecule has 2 aromatic rings. The van der Waals surface area contributed by atoms with E-state index in [1.807, 2.05) is 49.4 Å². The number of aryl methyl sites for hydroxylation is 1. The monoisotopic (exact) mass is 345 g/mol. The van der Waals surface area contributed by atoms with E-state index in [-0.39, 0.29) is 11.9 Å². The lowest BCUT2D eigenvalue weighted by atomic mass is 9.99. The minimum atomic E-state index is -0.0401. The average Bonchev–Trinajstić information content (AvgIpc) is 2.47. The molecule has 21 heavy (non-hydrogen) atoms. The molecule has 1 N–H and O–H groups in total. The van der Waals surface area contributed by atoms with Crippen LogP contribution in [0.5, 0.6) is 5.75 Å². The Hall–Kier alpha value is -1.81. The lowest BCUT2D eigenvalue weighted by molar-refractivity contribution is 0.0924. The van der Waals surface area contributed by atoms with Crippen LogP contribution in [-0.4, -0.2) is 12.5 Å². The zero-order chi connectivity index (χ0) is 14.8. The summed E-state index contributed by atoms with van der Waals surface area (Å²) in [6.07, 6.45) is 0.790. The maximum atomic E-state index is 12.5. The number of carbonyl (C=O) groups excluding carboxylic acids is 1. The Morgan fingerprint density at radius 3 is 2.90 bits per heavy atom. The topological polar surface area (TPSA) is 38.3 Å². The van der Waals surface area contributed by atoms with Crippen LogP contribution in [0.15, 0.2) is 46.9 Å². The Bertz CT molecular complexity index is 684. The number of para-hydroxylation sites is 1. The number of benzene rings is 2. The predicted octanol–water partition coefficient (Wildman–Crippen LogP) is 4.01. The standard InChI is InChI=1S/C17H16BrNO2/c1-11-10-12(18)6-7-13(11)17(20)19-15-8-9-21-16-5-3-2-4-14(15)16/h2-7,10,15H,8-9H2,1H3,(H,19,20)/t15-/m1/s1. The number of fused-ring (bicyclic) bond motifs is 1. The molecule has 4 heteroatoms. The van der Waals surface area contributed by atoms with E-state index in [0.29, 0.717) is 12.2 Å². The molecule has 3 rings (SSSR count). The maximum absolute atomic E-state index is 12.5. The average molecular weight is 346 g/mol. The van der Waals surface area contributed by atoms with Crippen LogP contribution in [0, 0.1) is 6.92 Å². The van der Waals surface area contributed by atoms with Crippen LogP contribution in [0.3, 0.4) is 0 Å². The van der Waals surface area contributed by atoms with Crippen molar-refractivity contribution in [2.45, 2.75) is 19.4 Å². The van der Waals surface area contributed by atoms with Crippen LogP contribution in [0.25, 0.3) is 0 Å². The Morgan fingerprint density at radius 1 is 1.29 bits per heavy atom. The fourth-order valence-corrected chi connectivity index (χ4v) is 3.09. The second-order valence-corrected chi connectivity index (χ2v) is 6.08. The fraction of sp³-hybridized carbons (Fsp3) is 0.235. The minimum absolute atomic E-state index is 0.00509. The largest absolute Gasteiger partial charge is 0.493 e. The molecule has 0 bridgehead atoms. The summed E-state index contributed by atoms with van der Waals surface area (Å²) in [5, 5.41) is 3.12. The molecule has 0 aliphatic carbocycles. The zero-order valence-electron chi connectivity index (χ0n) is 11.7. The summed E-state index contributed by atoms with van der Waals surface area (Å²) in [5.41, 5.74) is 2.72. The first-order chi connectivity index (χ1) is 10.1. The third kappa shape index (κ3) is 2.95. The van der Waals surface area contributed by atoms with Gasteiger partial charge in [-0.25, -0.2) is 0 Å². The summed E-state index contributed by atoms with van der Waals surface area (Å²) in [5.74, 6) is 0.822. The number of halogens is 1. The van der Waals surface area contributed by atoms with Gasteiger partial charge in [0, 0.05) is 22.0 Å². The molecular formula is C17H16BrNO2. The van der Waals surface area contributed by atoms with Gasteiger partial charge in [-0.15, -0.1) is 0 Å². The highest BCUT2D eigenvalue weighted by atomic mass is 79.9. The number of ether oxygens (including phenoxy) is 1. The molecule has 0 spiro atoms. The molecule has 1 atom stereocenters. The van der Waals surface area contributed by atoms with Crippen molar-refractivity contribution in [2.24, 2.45) is 0 Å². The van der Waals surface area contributed by atoms with Crippen molar-refractivity contribution in [2.75, 3.05) is 6.61 Å². The number of amides is 1. The van der Waals surface area contributed by atoms with Gasteiger partial charge in [-0.05, 0) is 36.8 Å². The van der Waals surface area contributed by atoms with Crippen LogP contribution < -0.4 is 10.1 Å². The summed E-state index contributed by atoms with van der Waals surface area (Å²) in [7, 11) is 0. The first-order valence-corrected chi connectivity index (χ1v) is 7.73. The molecule has 1 aliphatic heterocycles. The van der Waals surface area contributed by atoms with Crippen molar-refractivity contribution >= 4 is 21.8 Å². The Labute approximate surface area is 132 Å². The number of rotatable bonds is 2.